The van der Waals surface area contributed by atoms with E-state index in [0.717, 1.165) is 18.4 Å². The van der Waals surface area contributed by atoms with Crippen molar-refractivity contribution >= 4 is 21.4 Å². The first kappa shape index (κ1) is 24.9. The minimum atomic E-state index is -4.40. The molecule has 1 amide bonds. The lowest BCUT2D eigenvalue weighted by atomic mass is 10.1. The Morgan fingerprint density at radius 3 is 2.24 bits per heavy atom. The van der Waals surface area contributed by atoms with Crippen LogP contribution in [0.4, 0.5) is 18.9 Å². The van der Waals surface area contributed by atoms with Gasteiger partial charge in [0, 0.05) is 37.6 Å². The molecule has 0 aliphatic carbocycles. The third kappa shape index (κ3) is 5.79. The van der Waals surface area contributed by atoms with Gasteiger partial charge >= 0.3 is 6.18 Å². The summed E-state index contributed by atoms with van der Waals surface area (Å²) >= 11 is 0. The van der Waals surface area contributed by atoms with Crippen LogP contribution in [0.3, 0.4) is 0 Å². The van der Waals surface area contributed by atoms with E-state index in [0.29, 0.717) is 31.1 Å². The van der Waals surface area contributed by atoms with Crippen LogP contribution >= 0.6 is 0 Å². The zero-order chi connectivity index (χ0) is 24.6. The maximum absolute atomic E-state index is 13.3. The molecule has 33 heavy (non-hydrogen) atoms. The highest BCUT2D eigenvalue weighted by Crippen LogP contribution is 2.32. The molecule has 1 heterocycles. The van der Waals surface area contributed by atoms with Gasteiger partial charge in [0.1, 0.15) is 5.75 Å². The lowest BCUT2D eigenvalue weighted by Gasteiger charge is -2.41. The molecule has 1 aliphatic rings. The summed E-state index contributed by atoms with van der Waals surface area (Å²) in [5.41, 5.74) is 0.100. The summed E-state index contributed by atoms with van der Waals surface area (Å²) in [5, 5.41) is 0. The van der Waals surface area contributed by atoms with Gasteiger partial charge in [0.15, 0.2) is 9.84 Å². The van der Waals surface area contributed by atoms with Crippen molar-refractivity contribution in [1.29, 1.82) is 0 Å². The highest BCUT2D eigenvalue weighted by Gasteiger charge is 2.32. The van der Waals surface area contributed by atoms with Crippen LogP contribution in [-0.2, 0) is 16.0 Å². The van der Waals surface area contributed by atoms with Crippen molar-refractivity contribution in [2.75, 3.05) is 30.8 Å². The molecule has 1 aliphatic heterocycles. The molecule has 0 radical (unpaired) electrons. The van der Waals surface area contributed by atoms with Crippen LogP contribution in [0.2, 0.25) is 0 Å². The highest BCUT2D eigenvalue weighted by molar-refractivity contribution is 7.90. The van der Waals surface area contributed by atoms with Crippen LogP contribution in [0.15, 0.2) is 47.4 Å². The van der Waals surface area contributed by atoms with Crippen molar-refractivity contribution < 1.29 is 31.1 Å². The van der Waals surface area contributed by atoms with E-state index in [9.17, 15) is 26.4 Å². The minimum Gasteiger partial charge on any atom is -0.490 e. The molecule has 2 aromatic carbocycles. The van der Waals surface area contributed by atoms with Gasteiger partial charge in [-0.1, -0.05) is 0 Å². The number of piperazine rings is 1. The zero-order valence-electron chi connectivity index (χ0n) is 18.9. The molecule has 2 aromatic rings. The molecule has 1 atom stereocenters. The number of halogens is 3. The zero-order valence-corrected chi connectivity index (χ0v) is 19.7. The van der Waals surface area contributed by atoms with E-state index in [-0.39, 0.29) is 28.5 Å². The maximum Gasteiger partial charge on any atom is 0.416 e. The largest absolute Gasteiger partial charge is 0.490 e. The number of carbonyl (C=O) groups excluding carboxylic acids is 1. The molecule has 1 saturated heterocycles. The topological polar surface area (TPSA) is 66.9 Å². The van der Waals surface area contributed by atoms with Gasteiger partial charge in [-0.25, -0.2) is 8.42 Å². The molecule has 180 valence electrons. The van der Waals surface area contributed by atoms with Crippen LogP contribution in [0, 0.1) is 0 Å². The van der Waals surface area contributed by atoms with Crippen LogP contribution < -0.4 is 9.64 Å². The Morgan fingerprint density at radius 1 is 1.09 bits per heavy atom. The number of sulfone groups is 1. The summed E-state index contributed by atoms with van der Waals surface area (Å²) in [7, 11) is -3.52. The standard InChI is InChI=1S/C23H27F3N2O4S/c1-15(2)32-21-10-9-19(33(4,30)31)13-20(21)22(29)27-11-12-28(16(3)14-27)18-7-5-17(6-8-18)23(24,25)26/h5-10,13,15-16H,11-12,14H2,1-4H3. The first-order valence-corrected chi connectivity index (χ1v) is 12.4. The van der Waals surface area contributed by atoms with Gasteiger partial charge in [0.2, 0.25) is 0 Å². The van der Waals surface area contributed by atoms with Gasteiger partial charge < -0.3 is 14.5 Å². The van der Waals surface area contributed by atoms with E-state index < -0.39 is 21.6 Å². The van der Waals surface area contributed by atoms with Crippen LogP contribution in [0.25, 0.3) is 0 Å². The van der Waals surface area contributed by atoms with Gasteiger partial charge in [-0.2, -0.15) is 13.2 Å². The summed E-state index contributed by atoms with van der Waals surface area (Å²) in [5.74, 6) is -0.0460. The van der Waals surface area contributed by atoms with E-state index in [1.54, 1.807) is 4.90 Å². The molecule has 10 heteroatoms. The van der Waals surface area contributed by atoms with Crippen molar-refractivity contribution in [3.63, 3.8) is 0 Å². The van der Waals surface area contributed by atoms with Gasteiger partial charge in [0.05, 0.1) is 22.1 Å². The normalized spacial score (nSPS) is 17.4. The Labute approximate surface area is 191 Å². The third-order valence-electron chi connectivity index (χ3n) is 5.41. The van der Waals surface area contributed by atoms with Crippen molar-refractivity contribution in [1.82, 2.24) is 4.90 Å². The lowest BCUT2D eigenvalue weighted by Crippen LogP contribution is -2.53. The molecule has 0 N–H and O–H groups in total. The molecule has 0 spiro atoms. The number of ether oxygens (including phenoxy) is 1. The summed E-state index contributed by atoms with van der Waals surface area (Å²) < 4.78 is 68.3. The van der Waals surface area contributed by atoms with E-state index >= 15 is 0 Å². The number of amides is 1. The number of benzene rings is 2. The van der Waals surface area contributed by atoms with E-state index in [4.69, 9.17) is 4.74 Å². The number of carbonyl (C=O) groups is 1. The smallest absolute Gasteiger partial charge is 0.416 e. The molecule has 3 rings (SSSR count). The second-order valence-electron chi connectivity index (χ2n) is 8.43. The number of hydrogen-bond donors (Lipinski definition) is 0. The van der Waals surface area contributed by atoms with Crippen LogP contribution in [0.1, 0.15) is 36.7 Å². The van der Waals surface area contributed by atoms with Gasteiger partial charge in [-0.05, 0) is 63.2 Å². The van der Waals surface area contributed by atoms with Gasteiger partial charge in [0.25, 0.3) is 5.91 Å². The average Bonchev–Trinajstić information content (AvgIpc) is 2.71. The Bertz CT molecular complexity index is 1120. The van der Waals surface area contributed by atoms with Crippen molar-refractivity contribution in [3.05, 3.63) is 53.6 Å². The van der Waals surface area contributed by atoms with Crippen molar-refractivity contribution in [3.8, 4) is 5.75 Å². The molecular weight excluding hydrogens is 457 g/mol. The minimum absolute atomic E-state index is 0.0263. The summed E-state index contributed by atoms with van der Waals surface area (Å²) in [6.07, 6.45) is -3.54. The highest BCUT2D eigenvalue weighted by atomic mass is 32.2. The SMILES string of the molecule is CC(C)Oc1ccc(S(C)(=O)=O)cc1C(=O)N1CCN(c2ccc(C(F)(F)F)cc2)C(C)C1. The van der Waals surface area contributed by atoms with Crippen LogP contribution in [0.5, 0.6) is 5.75 Å². The Morgan fingerprint density at radius 2 is 1.73 bits per heavy atom. The van der Waals surface area contributed by atoms with Gasteiger partial charge in [-0.3, -0.25) is 4.79 Å². The Kier molecular flexibility index (Phi) is 6.97. The second kappa shape index (κ2) is 9.24. The molecular formula is C23H27F3N2O4S. The average molecular weight is 485 g/mol. The molecule has 1 unspecified atom stereocenters. The van der Waals surface area contributed by atoms with Crippen molar-refractivity contribution in [2.45, 2.75) is 44.0 Å². The van der Waals surface area contributed by atoms with Crippen LogP contribution in [-0.4, -0.2) is 57.3 Å². The number of anilines is 1. The van der Waals surface area contributed by atoms with E-state index in [1.165, 1.54) is 30.3 Å². The molecule has 0 bridgehead atoms. The fraction of sp³-hybridized carbons (Fsp3) is 0.435. The predicted molar refractivity (Wildman–Crippen MR) is 119 cm³/mol. The number of nitrogens with zero attached hydrogens (tertiary/aromatic N) is 2. The number of alkyl halides is 3. The number of rotatable bonds is 5. The van der Waals surface area contributed by atoms with Gasteiger partial charge in [-0.15, -0.1) is 0 Å². The Balaban J connectivity index is 1.81. The second-order valence-corrected chi connectivity index (χ2v) is 10.5. The molecule has 0 saturated carbocycles. The fourth-order valence-corrected chi connectivity index (χ4v) is 4.45. The monoisotopic (exact) mass is 484 g/mol. The maximum atomic E-state index is 13.3. The third-order valence-corrected chi connectivity index (χ3v) is 6.52. The Hall–Kier alpha value is -2.75. The first-order valence-electron chi connectivity index (χ1n) is 10.5. The van der Waals surface area contributed by atoms with E-state index in [2.05, 4.69) is 0 Å². The van der Waals surface area contributed by atoms with E-state index in [1.807, 2.05) is 25.7 Å². The summed E-state index contributed by atoms with van der Waals surface area (Å²) in [6.45, 7) is 6.58. The lowest BCUT2D eigenvalue weighted by molar-refractivity contribution is -0.137. The molecule has 6 nitrogen and oxygen atoms in total. The number of hydrogen-bond acceptors (Lipinski definition) is 5. The first-order chi connectivity index (χ1) is 15.3. The fourth-order valence-electron chi connectivity index (χ4n) is 3.80. The molecule has 0 aromatic heterocycles. The molecule has 1 fully saturated rings. The predicted octanol–water partition coefficient (Wildman–Crippen LogP) is 4.25. The quantitative estimate of drug-likeness (QED) is 0.635. The van der Waals surface area contributed by atoms with Crippen molar-refractivity contribution in [2.24, 2.45) is 0 Å². The summed E-state index contributed by atoms with van der Waals surface area (Å²) in [6, 6.07) is 9.04. The summed E-state index contributed by atoms with van der Waals surface area (Å²) in [4.78, 5) is 16.9.